The van der Waals surface area contributed by atoms with E-state index in [0.29, 0.717) is 12.2 Å². The van der Waals surface area contributed by atoms with Crippen LogP contribution in [0.25, 0.3) is 0 Å². The van der Waals surface area contributed by atoms with Crippen LogP contribution in [0.2, 0.25) is 0 Å². The third-order valence-electron chi connectivity index (χ3n) is 4.45. The summed E-state index contributed by atoms with van der Waals surface area (Å²) in [6.45, 7) is 5.65. The lowest BCUT2D eigenvalue weighted by molar-refractivity contribution is -0.117. The second kappa shape index (κ2) is 7.89. The molecule has 1 fully saturated rings. The van der Waals surface area contributed by atoms with Crippen molar-refractivity contribution in [2.45, 2.75) is 32.9 Å². The van der Waals surface area contributed by atoms with E-state index < -0.39 is 9.84 Å². The molecular weight excluding hydrogens is 372 g/mol. The Hall–Kier alpha value is -1.71. The fraction of sp³-hybridized carbons (Fsp3) is 0.529. The minimum absolute atomic E-state index is 0.0798. The first-order chi connectivity index (χ1) is 12.4. The number of aromatic nitrogens is 2. The average molecular weight is 397 g/mol. The standard InChI is InChI=1S/C17H24N4O3S2/c1-3-20(10-15-5-4-7-25-15)11-17(22)18-16-9-13(2)19-21(16)14-6-8-26(23,24)12-14/h4-5,7,9,14H,3,6,8,10-12H2,1-2H3,(H,18,22). The number of sulfone groups is 1. The highest BCUT2D eigenvalue weighted by atomic mass is 32.2. The first kappa shape index (κ1) is 19.1. The number of carbonyl (C=O) groups is 1. The largest absolute Gasteiger partial charge is 0.310 e. The Morgan fingerprint density at radius 1 is 1.50 bits per heavy atom. The summed E-state index contributed by atoms with van der Waals surface area (Å²) < 4.78 is 25.2. The van der Waals surface area contributed by atoms with Crippen molar-refractivity contribution in [2.75, 3.05) is 29.9 Å². The molecule has 0 radical (unpaired) electrons. The molecule has 1 atom stereocenters. The van der Waals surface area contributed by atoms with Crippen LogP contribution in [0.3, 0.4) is 0 Å². The molecule has 2 aromatic rings. The summed E-state index contributed by atoms with van der Waals surface area (Å²) in [4.78, 5) is 15.8. The van der Waals surface area contributed by atoms with Gasteiger partial charge in [-0.15, -0.1) is 11.3 Å². The predicted molar refractivity (Wildman–Crippen MR) is 103 cm³/mol. The molecule has 3 rings (SSSR count). The molecule has 142 valence electrons. The molecule has 0 bridgehead atoms. The van der Waals surface area contributed by atoms with Crippen LogP contribution in [-0.4, -0.2) is 53.6 Å². The second-order valence-electron chi connectivity index (χ2n) is 6.60. The molecule has 0 spiro atoms. The number of nitrogens with one attached hydrogen (secondary N) is 1. The molecule has 1 saturated heterocycles. The van der Waals surface area contributed by atoms with Crippen molar-refractivity contribution in [3.63, 3.8) is 0 Å². The molecule has 0 aliphatic carbocycles. The number of aryl methyl sites for hydroxylation is 1. The van der Waals surface area contributed by atoms with Gasteiger partial charge in [-0.2, -0.15) is 5.10 Å². The molecule has 1 N–H and O–H groups in total. The third kappa shape index (κ3) is 4.72. The molecular formula is C17H24N4O3S2. The summed E-state index contributed by atoms with van der Waals surface area (Å²) >= 11 is 1.68. The SMILES string of the molecule is CCN(CC(=O)Nc1cc(C)nn1C1CCS(=O)(=O)C1)Cc1cccs1. The zero-order chi connectivity index (χ0) is 18.7. The van der Waals surface area contributed by atoms with E-state index >= 15 is 0 Å². The van der Waals surface area contributed by atoms with Gasteiger partial charge in [0, 0.05) is 17.5 Å². The number of likely N-dealkylation sites (N-methyl/N-ethyl adjacent to an activating group) is 1. The Bertz CT molecular complexity index is 859. The van der Waals surface area contributed by atoms with Crippen LogP contribution in [0.1, 0.15) is 30.0 Å². The van der Waals surface area contributed by atoms with Crippen molar-refractivity contribution < 1.29 is 13.2 Å². The van der Waals surface area contributed by atoms with E-state index in [0.717, 1.165) is 18.8 Å². The highest BCUT2D eigenvalue weighted by molar-refractivity contribution is 7.91. The Morgan fingerprint density at radius 2 is 2.31 bits per heavy atom. The Morgan fingerprint density at radius 3 is 2.92 bits per heavy atom. The zero-order valence-electron chi connectivity index (χ0n) is 15.0. The lowest BCUT2D eigenvalue weighted by atomic mass is 10.3. The van der Waals surface area contributed by atoms with Gasteiger partial charge in [0.2, 0.25) is 5.91 Å². The number of rotatable bonds is 7. The molecule has 1 aliphatic heterocycles. The van der Waals surface area contributed by atoms with Crippen molar-refractivity contribution in [2.24, 2.45) is 0 Å². The highest BCUT2D eigenvalue weighted by Gasteiger charge is 2.31. The minimum atomic E-state index is -3.01. The first-order valence-electron chi connectivity index (χ1n) is 8.67. The summed E-state index contributed by atoms with van der Waals surface area (Å²) in [6, 6.07) is 5.64. The normalized spacial score (nSPS) is 19.1. The zero-order valence-corrected chi connectivity index (χ0v) is 16.6. The maximum absolute atomic E-state index is 12.5. The summed E-state index contributed by atoms with van der Waals surface area (Å²) in [6.07, 6.45) is 0.534. The van der Waals surface area contributed by atoms with Crippen molar-refractivity contribution in [1.82, 2.24) is 14.7 Å². The van der Waals surface area contributed by atoms with Gasteiger partial charge in [-0.3, -0.25) is 9.69 Å². The quantitative estimate of drug-likeness (QED) is 0.775. The second-order valence-corrected chi connectivity index (χ2v) is 9.86. The van der Waals surface area contributed by atoms with Gasteiger partial charge in [-0.1, -0.05) is 13.0 Å². The number of nitrogens with zero attached hydrogens (tertiary/aromatic N) is 3. The van der Waals surface area contributed by atoms with Crippen LogP contribution < -0.4 is 5.32 Å². The molecule has 1 amide bonds. The molecule has 0 saturated carbocycles. The van der Waals surface area contributed by atoms with Crippen LogP contribution >= 0.6 is 11.3 Å². The lowest BCUT2D eigenvalue weighted by Gasteiger charge is -2.20. The molecule has 0 aromatic carbocycles. The number of amides is 1. The van der Waals surface area contributed by atoms with E-state index in [1.54, 1.807) is 22.1 Å². The van der Waals surface area contributed by atoms with E-state index in [-0.39, 0.29) is 30.0 Å². The number of anilines is 1. The van der Waals surface area contributed by atoms with E-state index in [2.05, 4.69) is 21.4 Å². The summed E-state index contributed by atoms with van der Waals surface area (Å²) in [7, 11) is -3.01. The van der Waals surface area contributed by atoms with Crippen LogP contribution in [0, 0.1) is 6.92 Å². The van der Waals surface area contributed by atoms with Crippen molar-refractivity contribution in [1.29, 1.82) is 0 Å². The molecule has 26 heavy (non-hydrogen) atoms. The molecule has 7 nitrogen and oxygen atoms in total. The third-order valence-corrected chi connectivity index (χ3v) is 7.07. The van der Waals surface area contributed by atoms with E-state index in [9.17, 15) is 13.2 Å². The van der Waals surface area contributed by atoms with Gasteiger partial charge in [-0.25, -0.2) is 13.1 Å². The minimum Gasteiger partial charge on any atom is -0.310 e. The summed E-state index contributed by atoms with van der Waals surface area (Å²) in [5, 5.41) is 9.33. The summed E-state index contributed by atoms with van der Waals surface area (Å²) in [5.41, 5.74) is 0.760. The maximum atomic E-state index is 12.5. The van der Waals surface area contributed by atoms with Crippen LogP contribution in [0.15, 0.2) is 23.6 Å². The first-order valence-corrected chi connectivity index (χ1v) is 11.4. The topological polar surface area (TPSA) is 84.3 Å². The number of hydrogen-bond acceptors (Lipinski definition) is 6. The molecule has 3 heterocycles. The fourth-order valence-electron chi connectivity index (χ4n) is 3.14. The molecule has 9 heteroatoms. The highest BCUT2D eigenvalue weighted by Crippen LogP contribution is 2.27. The van der Waals surface area contributed by atoms with Gasteiger partial charge in [0.15, 0.2) is 9.84 Å². The van der Waals surface area contributed by atoms with Crippen LogP contribution in [0.5, 0.6) is 0 Å². The molecule has 1 aliphatic rings. The van der Waals surface area contributed by atoms with Gasteiger partial charge < -0.3 is 5.32 Å². The van der Waals surface area contributed by atoms with E-state index in [1.165, 1.54) is 4.88 Å². The van der Waals surface area contributed by atoms with Crippen molar-refractivity contribution in [3.05, 3.63) is 34.2 Å². The lowest BCUT2D eigenvalue weighted by Crippen LogP contribution is -2.33. The van der Waals surface area contributed by atoms with E-state index in [4.69, 9.17) is 0 Å². The molecule has 2 aromatic heterocycles. The number of hydrogen-bond donors (Lipinski definition) is 1. The van der Waals surface area contributed by atoms with Crippen LogP contribution in [-0.2, 0) is 21.2 Å². The fourth-order valence-corrected chi connectivity index (χ4v) is 5.58. The van der Waals surface area contributed by atoms with Crippen molar-refractivity contribution in [3.8, 4) is 0 Å². The van der Waals surface area contributed by atoms with Crippen LogP contribution in [0.4, 0.5) is 5.82 Å². The monoisotopic (exact) mass is 396 g/mol. The smallest absolute Gasteiger partial charge is 0.239 e. The van der Waals surface area contributed by atoms with Gasteiger partial charge in [0.25, 0.3) is 0 Å². The summed E-state index contributed by atoms with van der Waals surface area (Å²) in [5.74, 6) is 0.706. The van der Waals surface area contributed by atoms with E-state index in [1.807, 2.05) is 25.3 Å². The number of thiophene rings is 1. The Kier molecular flexibility index (Phi) is 5.79. The van der Waals surface area contributed by atoms with Gasteiger partial charge in [0.05, 0.1) is 29.8 Å². The Balaban J connectivity index is 1.65. The van der Waals surface area contributed by atoms with Gasteiger partial charge >= 0.3 is 0 Å². The molecule has 1 unspecified atom stereocenters. The predicted octanol–water partition coefficient (Wildman–Crippen LogP) is 2.07. The maximum Gasteiger partial charge on any atom is 0.239 e. The van der Waals surface area contributed by atoms with Crippen molar-refractivity contribution >= 4 is 32.9 Å². The van der Waals surface area contributed by atoms with Gasteiger partial charge in [-0.05, 0) is 31.3 Å². The average Bonchev–Trinajstić information content (AvgIpc) is 3.27. The van der Waals surface area contributed by atoms with Gasteiger partial charge in [0.1, 0.15) is 5.82 Å². The Labute approximate surface area is 157 Å². The number of carbonyl (C=O) groups excluding carboxylic acids is 1.